The average molecular weight is 519 g/mol. The number of ketones is 1. The summed E-state index contributed by atoms with van der Waals surface area (Å²) in [4.78, 5) is 55.3. The number of hydrogen-bond donors (Lipinski definition) is 3. The molecule has 0 unspecified atom stereocenters. The number of amides is 3. The third kappa shape index (κ3) is 7.71. The molecule has 0 radical (unpaired) electrons. The fourth-order valence-electron chi connectivity index (χ4n) is 3.01. The minimum atomic E-state index is -0.895. The monoisotopic (exact) mass is 518 g/mol. The number of aromatic nitrogens is 1. The predicted molar refractivity (Wildman–Crippen MR) is 137 cm³/mol. The van der Waals surface area contributed by atoms with E-state index < -0.39 is 29.9 Å². The van der Waals surface area contributed by atoms with Crippen LogP contribution in [-0.4, -0.2) is 69.6 Å². The summed E-state index contributed by atoms with van der Waals surface area (Å²) in [7, 11) is 0. The molecule has 3 rings (SSSR count). The highest BCUT2D eigenvalue weighted by molar-refractivity contribution is 7.99. The van der Waals surface area contributed by atoms with Crippen molar-refractivity contribution in [2.45, 2.75) is 25.0 Å². The number of nitrogens with one attached hydrogen (secondary N) is 3. The summed E-state index contributed by atoms with van der Waals surface area (Å²) < 4.78 is 0. The molecule has 2 heterocycles. The van der Waals surface area contributed by atoms with Gasteiger partial charge in [-0.05, 0) is 19.1 Å². The zero-order valence-electron chi connectivity index (χ0n) is 18.6. The van der Waals surface area contributed by atoms with E-state index in [0.29, 0.717) is 33.6 Å². The fourth-order valence-corrected chi connectivity index (χ4v) is 5.40. The Morgan fingerprint density at radius 1 is 1.00 bits per heavy atom. The topological polar surface area (TPSA) is 117 Å². The van der Waals surface area contributed by atoms with Crippen LogP contribution in [0, 0.1) is 0 Å². The summed E-state index contributed by atoms with van der Waals surface area (Å²) in [6, 6.07) is 6.16. The normalized spacial score (nSPS) is 23.5. The summed E-state index contributed by atoms with van der Waals surface area (Å²) in [5.74, 6) is 0.521. The Kier molecular flexibility index (Phi) is 10.2. The first-order chi connectivity index (χ1) is 16.5. The van der Waals surface area contributed by atoms with Gasteiger partial charge in [0.2, 0.25) is 17.6 Å². The molecule has 180 valence electrons. The molecule has 0 saturated carbocycles. The van der Waals surface area contributed by atoms with Crippen LogP contribution in [0.25, 0.3) is 0 Å². The van der Waals surface area contributed by atoms with Crippen LogP contribution in [0.1, 0.15) is 27.1 Å². The molecular weight excluding hydrogens is 492 g/mol. The number of thiazole rings is 1. The Bertz CT molecular complexity index is 1010. The van der Waals surface area contributed by atoms with Crippen molar-refractivity contribution in [2.75, 3.05) is 23.0 Å². The number of rotatable bonds is 4. The Morgan fingerprint density at radius 3 is 2.38 bits per heavy atom. The van der Waals surface area contributed by atoms with E-state index in [-0.39, 0.29) is 11.7 Å². The second-order valence-corrected chi connectivity index (χ2v) is 10.5. The molecule has 1 aliphatic heterocycles. The van der Waals surface area contributed by atoms with Crippen molar-refractivity contribution in [1.82, 2.24) is 20.9 Å². The van der Waals surface area contributed by atoms with Crippen molar-refractivity contribution in [3.05, 3.63) is 64.6 Å². The van der Waals surface area contributed by atoms with Gasteiger partial charge in [-0.15, -0.1) is 11.3 Å². The number of thioether (sulfide) groups is 2. The second kappa shape index (κ2) is 13.3. The van der Waals surface area contributed by atoms with Gasteiger partial charge in [-0.1, -0.05) is 30.4 Å². The van der Waals surface area contributed by atoms with Gasteiger partial charge in [0.15, 0.2) is 5.01 Å². The number of benzene rings is 1. The molecule has 3 amide bonds. The maximum absolute atomic E-state index is 13.0. The standard InChI is InChI=1S/C23H26N4O4S3/c1-15-20(29)26-17(19(28)23-24-9-12-34-23)13-32-10-5-6-11-33-14-18(22(31)25-15)27-21(30)16-7-3-2-4-8-16/h2-9,12,15,17-18H,10-11,13-14H2,1H3,(H,25,31)(H,26,29)(H,27,30)/b6-5+/t15-,17-,18-/m0/s1. The maximum atomic E-state index is 13.0. The average Bonchev–Trinajstić information content (AvgIpc) is 3.38. The van der Waals surface area contributed by atoms with Crippen molar-refractivity contribution in [3.63, 3.8) is 0 Å². The highest BCUT2D eigenvalue weighted by Gasteiger charge is 2.29. The summed E-state index contributed by atoms with van der Waals surface area (Å²) in [6.07, 6.45) is 5.53. The molecule has 11 heteroatoms. The summed E-state index contributed by atoms with van der Waals surface area (Å²) >= 11 is 4.26. The van der Waals surface area contributed by atoms with Gasteiger partial charge in [0.25, 0.3) is 5.91 Å². The van der Waals surface area contributed by atoms with Crippen molar-refractivity contribution in [2.24, 2.45) is 0 Å². The molecule has 3 N–H and O–H groups in total. The Balaban J connectivity index is 1.72. The number of hydrogen-bond acceptors (Lipinski definition) is 8. The molecular formula is C23H26N4O4S3. The number of carbonyl (C=O) groups excluding carboxylic acids is 4. The lowest BCUT2D eigenvalue weighted by molar-refractivity contribution is -0.129. The first-order valence-corrected chi connectivity index (χ1v) is 13.9. The molecule has 1 aromatic carbocycles. The Morgan fingerprint density at radius 2 is 1.71 bits per heavy atom. The molecule has 0 bridgehead atoms. The minimum absolute atomic E-state index is 0.258. The fraction of sp³-hybridized carbons (Fsp3) is 0.348. The van der Waals surface area contributed by atoms with E-state index in [1.54, 1.807) is 48.8 Å². The molecule has 34 heavy (non-hydrogen) atoms. The van der Waals surface area contributed by atoms with Crippen LogP contribution in [0.3, 0.4) is 0 Å². The van der Waals surface area contributed by atoms with Gasteiger partial charge >= 0.3 is 0 Å². The van der Waals surface area contributed by atoms with E-state index in [4.69, 9.17) is 0 Å². The van der Waals surface area contributed by atoms with E-state index >= 15 is 0 Å². The predicted octanol–water partition coefficient (Wildman–Crippen LogP) is 2.15. The maximum Gasteiger partial charge on any atom is 0.251 e. The molecule has 2 aromatic rings. The van der Waals surface area contributed by atoms with E-state index in [2.05, 4.69) is 20.9 Å². The lowest BCUT2D eigenvalue weighted by atomic mass is 10.1. The first kappa shape index (κ1) is 26.0. The summed E-state index contributed by atoms with van der Waals surface area (Å²) in [5, 5.41) is 10.2. The zero-order valence-corrected chi connectivity index (χ0v) is 21.0. The van der Waals surface area contributed by atoms with Crippen molar-refractivity contribution in [3.8, 4) is 0 Å². The molecule has 1 aliphatic rings. The van der Waals surface area contributed by atoms with E-state index in [1.807, 2.05) is 12.2 Å². The Labute approximate surface area is 210 Å². The van der Waals surface area contributed by atoms with Crippen LogP contribution in [0.2, 0.25) is 0 Å². The largest absolute Gasteiger partial charge is 0.343 e. The van der Waals surface area contributed by atoms with Gasteiger partial charge < -0.3 is 16.0 Å². The van der Waals surface area contributed by atoms with Crippen LogP contribution in [0.15, 0.2) is 54.1 Å². The van der Waals surface area contributed by atoms with Gasteiger partial charge in [-0.25, -0.2) is 4.98 Å². The summed E-state index contributed by atoms with van der Waals surface area (Å²) in [6.45, 7) is 1.55. The van der Waals surface area contributed by atoms with Gasteiger partial charge in [-0.2, -0.15) is 23.5 Å². The number of carbonyl (C=O) groups is 4. The molecule has 0 aliphatic carbocycles. The van der Waals surface area contributed by atoms with Gasteiger partial charge in [0.1, 0.15) is 18.1 Å². The molecule has 1 aromatic heterocycles. The van der Waals surface area contributed by atoms with E-state index in [0.717, 1.165) is 0 Å². The van der Waals surface area contributed by atoms with Crippen molar-refractivity contribution < 1.29 is 19.2 Å². The van der Waals surface area contributed by atoms with Crippen LogP contribution in [0.5, 0.6) is 0 Å². The van der Waals surface area contributed by atoms with Crippen LogP contribution in [-0.2, 0) is 9.59 Å². The molecule has 0 spiro atoms. The third-order valence-electron chi connectivity index (χ3n) is 4.85. The first-order valence-electron chi connectivity index (χ1n) is 10.7. The van der Waals surface area contributed by atoms with Crippen LogP contribution >= 0.6 is 34.9 Å². The SMILES string of the molecule is C[C@@H]1NC(=O)[C@@H](NC(=O)c2ccccc2)CSC/C=C/CSC[C@@H](C(=O)c2nccs2)NC1=O. The minimum Gasteiger partial charge on any atom is -0.343 e. The Hall–Kier alpha value is -2.63. The highest BCUT2D eigenvalue weighted by Crippen LogP contribution is 2.13. The zero-order chi connectivity index (χ0) is 24.3. The van der Waals surface area contributed by atoms with Crippen molar-refractivity contribution >= 4 is 58.4 Å². The smallest absolute Gasteiger partial charge is 0.251 e. The third-order valence-corrected chi connectivity index (χ3v) is 7.63. The molecule has 8 nitrogen and oxygen atoms in total. The summed E-state index contributed by atoms with van der Waals surface area (Å²) in [5.41, 5.74) is 0.447. The molecule has 3 atom stereocenters. The highest BCUT2D eigenvalue weighted by atomic mass is 32.2. The van der Waals surface area contributed by atoms with Crippen molar-refractivity contribution in [1.29, 1.82) is 0 Å². The van der Waals surface area contributed by atoms with Gasteiger partial charge in [-0.3, -0.25) is 19.2 Å². The lowest BCUT2D eigenvalue weighted by Crippen LogP contribution is -2.55. The number of nitrogens with zero attached hydrogens (tertiary/aromatic N) is 1. The lowest BCUT2D eigenvalue weighted by Gasteiger charge is -2.22. The molecule has 0 fully saturated rings. The van der Waals surface area contributed by atoms with Gasteiger partial charge in [0.05, 0.1) is 0 Å². The van der Waals surface area contributed by atoms with Gasteiger partial charge in [0, 0.05) is 40.2 Å². The second-order valence-electron chi connectivity index (χ2n) is 7.43. The molecule has 0 saturated heterocycles. The quantitative estimate of drug-likeness (QED) is 0.419. The van der Waals surface area contributed by atoms with E-state index in [1.165, 1.54) is 34.9 Å². The number of Topliss-reactive ketones (excluding diaryl/α,β-unsaturated/α-hetero) is 1. The van der Waals surface area contributed by atoms with Crippen LogP contribution < -0.4 is 16.0 Å². The van der Waals surface area contributed by atoms with E-state index in [9.17, 15) is 19.2 Å². The van der Waals surface area contributed by atoms with Crippen LogP contribution in [0.4, 0.5) is 0 Å².